The van der Waals surface area contributed by atoms with Gasteiger partial charge >= 0.3 is 6.18 Å². The lowest BCUT2D eigenvalue weighted by Gasteiger charge is -2.23. The second-order valence-electron chi connectivity index (χ2n) is 9.18. The van der Waals surface area contributed by atoms with Crippen molar-refractivity contribution in [2.45, 2.75) is 38.5 Å². The summed E-state index contributed by atoms with van der Waals surface area (Å²) < 4.78 is 55.2. The Morgan fingerprint density at radius 1 is 1.24 bits per heavy atom. The van der Waals surface area contributed by atoms with E-state index in [4.69, 9.17) is 17.3 Å². The van der Waals surface area contributed by atoms with Crippen LogP contribution >= 0.6 is 11.6 Å². The molecule has 1 saturated heterocycles. The Morgan fingerprint density at radius 2 is 1.97 bits per heavy atom. The van der Waals surface area contributed by atoms with Gasteiger partial charge in [-0.3, -0.25) is 0 Å². The fourth-order valence-electron chi connectivity index (χ4n) is 4.39. The molecular formula is C27H29ClF4N6. The molecule has 0 amide bonds. The molecule has 1 aliphatic rings. The summed E-state index contributed by atoms with van der Waals surface area (Å²) in [6, 6.07) is 9.54. The van der Waals surface area contributed by atoms with Gasteiger partial charge < -0.3 is 20.9 Å². The molecule has 202 valence electrons. The average Bonchev–Trinajstić information content (AvgIpc) is 3.20. The molecule has 0 unspecified atom stereocenters. The molecular weight excluding hydrogens is 520 g/mol. The van der Waals surface area contributed by atoms with Crippen molar-refractivity contribution in [2.75, 3.05) is 18.8 Å². The summed E-state index contributed by atoms with van der Waals surface area (Å²) >= 11 is 6.30. The number of hydrogen-bond acceptors (Lipinski definition) is 5. The number of nitrogens with two attached hydrogens (primary N) is 1. The zero-order chi connectivity index (χ0) is 27.3. The molecule has 0 aliphatic carbocycles. The van der Waals surface area contributed by atoms with Gasteiger partial charge in [0.05, 0.1) is 16.8 Å². The van der Waals surface area contributed by atoms with E-state index in [-0.39, 0.29) is 23.2 Å². The van der Waals surface area contributed by atoms with Crippen LogP contribution in [-0.2, 0) is 19.3 Å². The smallest absolute Gasteiger partial charge is 0.383 e. The van der Waals surface area contributed by atoms with E-state index in [2.05, 4.69) is 27.2 Å². The molecule has 2 aromatic carbocycles. The van der Waals surface area contributed by atoms with E-state index < -0.39 is 11.7 Å². The van der Waals surface area contributed by atoms with Gasteiger partial charge in [0.15, 0.2) is 0 Å². The number of anilines is 1. The van der Waals surface area contributed by atoms with Crippen LogP contribution in [0.5, 0.6) is 0 Å². The second kappa shape index (κ2) is 12.0. The Labute approximate surface area is 223 Å². The van der Waals surface area contributed by atoms with E-state index in [0.717, 1.165) is 44.5 Å². The SMILES string of the molecule is C=C(N=Cc1nc(-c2ccc(C(F)(F)F)cc2Cl)n(CCC2CCNCC2)c1N)NCc1ccccc1F. The summed E-state index contributed by atoms with van der Waals surface area (Å²) in [7, 11) is 0. The van der Waals surface area contributed by atoms with E-state index >= 15 is 0 Å². The standard InChI is InChI=1S/C27H29ClF4N6/c1-17(35-15-19-4-2-3-5-23(19)29)36-16-24-25(33)38(13-10-18-8-11-34-12-9-18)26(37-24)21-7-6-20(14-22(21)28)27(30,31)32/h2-7,14,16,18,34-35H,1,8-13,15,33H2. The minimum absolute atomic E-state index is 0.0765. The van der Waals surface area contributed by atoms with Gasteiger partial charge in [0, 0.05) is 24.2 Å². The van der Waals surface area contributed by atoms with E-state index in [1.54, 1.807) is 22.8 Å². The maximum absolute atomic E-state index is 13.9. The topological polar surface area (TPSA) is 80.3 Å². The maximum atomic E-state index is 13.9. The van der Waals surface area contributed by atoms with Crippen molar-refractivity contribution in [3.05, 3.63) is 82.5 Å². The third-order valence-electron chi connectivity index (χ3n) is 6.58. The van der Waals surface area contributed by atoms with Crippen molar-refractivity contribution in [2.24, 2.45) is 10.9 Å². The number of halogens is 5. The number of aliphatic imine (C=N–C) groups is 1. The molecule has 38 heavy (non-hydrogen) atoms. The van der Waals surface area contributed by atoms with Crippen molar-refractivity contribution in [3.63, 3.8) is 0 Å². The summed E-state index contributed by atoms with van der Waals surface area (Å²) in [4.78, 5) is 8.85. The van der Waals surface area contributed by atoms with Crippen LogP contribution in [0.15, 0.2) is 59.9 Å². The quantitative estimate of drug-likeness (QED) is 0.226. The highest BCUT2D eigenvalue weighted by atomic mass is 35.5. The van der Waals surface area contributed by atoms with Gasteiger partial charge in [0.2, 0.25) is 0 Å². The molecule has 0 bridgehead atoms. The van der Waals surface area contributed by atoms with Gasteiger partial charge in [0.25, 0.3) is 0 Å². The summed E-state index contributed by atoms with van der Waals surface area (Å²) in [5, 5.41) is 6.20. The van der Waals surface area contributed by atoms with Crippen LogP contribution in [0, 0.1) is 11.7 Å². The lowest BCUT2D eigenvalue weighted by molar-refractivity contribution is -0.137. The van der Waals surface area contributed by atoms with Gasteiger partial charge in [-0.1, -0.05) is 36.4 Å². The van der Waals surface area contributed by atoms with Gasteiger partial charge in [-0.15, -0.1) is 0 Å². The molecule has 1 aliphatic heterocycles. The Balaban J connectivity index is 1.58. The molecule has 6 nitrogen and oxygen atoms in total. The maximum Gasteiger partial charge on any atom is 0.416 e. The number of aromatic nitrogens is 2. The van der Waals surface area contributed by atoms with E-state index in [0.29, 0.717) is 40.9 Å². The minimum atomic E-state index is -4.51. The number of piperidine rings is 1. The molecule has 2 heterocycles. The van der Waals surface area contributed by atoms with Crippen molar-refractivity contribution in [1.29, 1.82) is 0 Å². The highest BCUT2D eigenvalue weighted by Gasteiger charge is 2.31. The Kier molecular flexibility index (Phi) is 8.73. The first kappa shape index (κ1) is 27.7. The van der Waals surface area contributed by atoms with Crippen LogP contribution < -0.4 is 16.4 Å². The lowest BCUT2D eigenvalue weighted by atomic mass is 9.94. The number of nitrogens with one attached hydrogen (secondary N) is 2. The van der Waals surface area contributed by atoms with Gasteiger partial charge in [0.1, 0.15) is 29.0 Å². The summed E-state index contributed by atoms with van der Waals surface area (Å²) in [5.74, 6) is 1.10. The number of benzene rings is 2. The number of nitrogens with zero attached hydrogens (tertiary/aromatic N) is 3. The molecule has 4 N–H and O–H groups in total. The van der Waals surface area contributed by atoms with E-state index in [1.165, 1.54) is 18.3 Å². The lowest BCUT2D eigenvalue weighted by Crippen LogP contribution is -2.28. The molecule has 0 radical (unpaired) electrons. The number of nitrogen functional groups attached to an aromatic ring is 1. The number of rotatable bonds is 9. The first-order valence-electron chi connectivity index (χ1n) is 12.3. The monoisotopic (exact) mass is 548 g/mol. The molecule has 1 aromatic heterocycles. The molecule has 4 rings (SSSR count). The zero-order valence-corrected chi connectivity index (χ0v) is 21.4. The van der Waals surface area contributed by atoms with Crippen molar-refractivity contribution < 1.29 is 17.6 Å². The van der Waals surface area contributed by atoms with Crippen LogP contribution in [-0.4, -0.2) is 28.9 Å². The van der Waals surface area contributed by atoms with Crippen molar-refractivity contribution >= 4 is 23.6 Å². The van der Waals surface area contributed by atoms with Crippen LogP contribution in [0.4, 0.5) is 23.4 Å². The molecule has 3 aromatic rings. The summed E-state index contributed by atoms with van der Waals surface area (Å²) in [6.07, 6.45) is -0.186. The molecule has 1 fully saturated rings. The average molecular weight is 549 g/mol. The van der Waals surface area contributed by atoms with Gasteiger partial charge in [-0.2, -0.15) is 13.2 Å². The zero-order valence-electron chi connectivity index (χ0n) is 20.7. The highest BCUT2D eigenvalue weighted by molar-refractivity contribution is 6.33. The van der Waals surface area contributed by atoms with Crippen LogP contribution in [0.25, 0.3) is 11.4 Å². The van der Waals surface area contributed by atoms with Crippen molar-refractivity contribution in [3.8, 4) is 11.4 Å². The predicted molar refractivity (Wildman–Crippen MR) is 142 cm³/mol. The first-order valence-corrected chi connectivity index (χ1v) is 12.7. The highest BCUT2D eigenvalue weighted by Crippen LogP contribution is 2.36. The fourth-order valence-corrected chi connectivity index (χ4v) is 4.65. The fraction of sp³-hybridized carbons (Fsp3) is 0.333. The van der Waals surface area contributed by atoms with Crippen LogP contribution in [0.3, 0.4) is 0 Å². The van der Waals surface area contributed by atoms with Crippen LogP contribution in [0.2, 0.25) is 5.02 Å². The summed E-state index contributed by atoms with van der Waals surface area (Å²) in [5.41, 5.74) is 6.74. The molecule has 0 saturated carbocycles. The molecule has 0 spiro atoms. The Hall–Kier alpha value is -3.37. The van der Waals surface area contributed by atoms with Crippen molar-refractivity contribution in [1.82, 2.24) is 20.2 Å². The minimum Gasteiger partial charge on any atom is -0.383 e. The second-order valence-corrected chi connectivity index (χ2v) is 9.59. The van der Waals surface area contributed by atoms with Gasteiger partial charge in [-0.05, 0) is 62.5 Å². The number of hydrogen-bond donors (Lipinski definition) is 3. The Bertz CT molecular complexity index is 1310. The first-order chi connectivity index (χ1) is 18.1. The predicted octanol–water partition coefficient (Wildman–Crippen LogP) is 6.01. The van der Waals surface area contributed by atoms with E-state index in [1.807, 2.05) is 0 Å². The Morgan fingerprint density at radius 3 is 2.66 bits per heavy atom. The number of alkyl halides is 3. The summed E-state index contributed by atoms with van der Waals surface area (Å²) in [6.45, 7) is 6.44. The normalized spacial score (nSPS) is 14.8. The van der Waals surface area contributed by atoms with E-state index in [9.17, 15) is 17.6 Å². The third kappa shape index (κ3) is 6.73. The molecule has 11 heteroatoms. The van der Waals surface area contributed by atoms with Crippen LogP contribution in [0.1, 0.15) is 36.1 Å². The van der Waals surface area contributed by atoms with Gasteiger partial charge in [-0.25, -0.2) is 14.4 Å². The molecule has 0 atom stereocenters. The largest absolute Gasteiger partial charge is 0.416 e. The third-order valence-corrected chi connectivity index (χ3v) is 6.89. The number of imidazole rings is 1.